The first-order chi connectivity index (χ1) is 9.06. The van der Waals surface area contributed by atoms with Gasteiger partial charge in [0.2, 0.25) is 0 Å². The minimum Gasteiger partial charge on any atom is -0.399 e. The van der Waals surface area contributed by atoms with Crippen LogP contribution in [0.15, 0.2) is 36.4 Å². The van der Waals surface area contributed by atoms with E-state index in [4.69, 9.17) is 11.5 Å². The predicted octanol–water partition coefficient (Wildman–Crippen LogP) is 2.71. The van der Waals surface area contributed by atoms with Gasteiger partial charge in [0.05, 0.1) is 11.0 Å². The fraction of sp³-hybridized carbons (Fsp3) is 0.133. The largest absolute Gasteiger partial charge is 0.399 e. The molecule has 96 valence electrons. The van der Waals surface area contributed by atoms with Gasteiger partial charge in [-0.15, -0.1) is 0 Å². The lowest BCUT2D eigenvalue weighted by Crippen LogP contribution is -1.95. The molecule has 0 aliphatic rings. The molecule has 0 aliphatic carbocycles. The number of imidazole rings is 1. The normalized spacial score (nSPS) is 11.1. The summed E-state index contributed by atoms with van der Waals surface area (Å²) < 4.78 is 2.08. The molecule has 4 N–H and O–H groups in total. The molecular formula is C15H16N4. The van der Waals surface area contributed by atoms with Crippen LogP contribution in [0.25, 0.3) is 22.4 Å². The van der Waals surface area contributed by atoms with Gasteiger partial charge in [0.15, 0.2) is 0 Å². The first-order valence-corrected chi connectivity index (χ1v) is 6.15. The van der Waals surface area contributed by atoms with E-state index in [0.29, 0.717) is 0 Å². The summed E-state index contributed by atoms with van der Waals surface area (Å²) in [4.78, 5) is 4.68. The third-order valence-electron chi connectivity index (χ3n) is 3.40. The Bertz CT molecular complexity index is 771. The molecule has 0 spiro atoms. The van der Waals surface area contributed by atoms with Gasteiger partial charge >= 0.3 is 0 Å². The van der Waals surface area contributed by atoms with E-state index in [1.807, 2.05) is 50.4 Å². The lowest BCUT2D eigenvalue weighted by atomic mass is 10.1. The molecular weight excluding hydrogens is 236 g/mol. The van der Waals surface area contributed by atoms with Crippen LogP contribution in [0.3, 0.4) is 0 Å². The van der Waals surface area contributed by atoms with Crippen LogP contribution >= 0.6 is 0 Å². The Kier molecular flexibility index (Phi) is 2.45. The van der Waals surface area contributed by atoms with Crippen LogP contribution in [-0.2, 0) is 7.05 Å². The van der Waals surface area contributed by atoms with E-state index >= 15 is 0 Å². The van der Waals surface area contributed by atoms with E-state index in [2.05, 4.69) is 9.55 Å². The van der Waals surface area contributed by atoms with E-state index < -0.39 is 0 Å². The van der Waals surface area contributed by atoms with Crippen LogP contribution in [0.1, 0.15) is 5.56 Å². The summed E-state index contributed by atoms with van der Waals surface area (Å²) in [7, 11) is 2.01. The molecule has 2 aromatic carbocycles. The maximum Gasteiger partial charge on any atom is 0.141 e. The van der Waals surface area contributed by atoms with Crippen LogP contribution < -0.4 is 11.5 Å². The van der Waals surface area contributed by atoms with Crippen molar-refractivity contribution in [2.75, 3.05) is 11.5 Å². The highest BCUT2D eigenvalue weighted by Gasteiger charge is 2.11. The summed E-state index contributed by atoms with van der Waals surface area (Å²) in [5.41, 5.74) is 17.3. The zero-order valence-corrected chi connectivity index (χ0v) is 11.0. The van der Waals surface area contributed by atoms with Gasteiger partial charge in [0.25, 0.3) is 0 Å². The summed E-state index contributed by atoms with van der Waals surface area (Å²) in [6, 6.07) is 11.7. The molecule has 4 nitrogen and oxygen atoms in total. The summed E-state index contributed by atoms with van der Waals surface area (Å²) in [6.45, 7) is 2.04. The quantitative estimate of drug-likeness (QED) is 0.654. The molecule has 3 rings (SSSR count). The molecule has 1 heterocycles. The maximum absolute atomic E-state index is 5.81. The summed E-state index contributed by atoms with van der Waals surface area (Å²) in [5, 5.41) is 0. The Labute approximate surface area is 111 Å². The number of aryl methyl sites for hydroxylation is 2. The van der Waals surface area contributed by atoms with Crippen molar-refractivity contribution in [1.29, 1.82) is 0 Å². The van der Waals surface area contributed by atoms with Crippen LogP contribution in [-0.4, -0.2) is 9.55 Å². The zero-order valence-electron chi connectivity index (χ0n) is 11.0. The number of anilines is 2. The number of nitrogen functional groups attached to an aromatic ring is 2. The number of nitrogens with two attached hydrogens (primary N) is 2. The molecule has 0 unspecified atom stereocenters. The predicted molar refractivity (Wildman–Crippen MR) is 79.7 cm³/mol. The van der Waals surface area contributed by atoms with E-state index in [0.717, 1.165) is 39.4 Å². The second-order valence-corrected chi connectivity index (χ2v) is 4.82. The van der Waals surface area contributed by atoms with Crippen LogP contribution in [0.2, 0.25) is 0 Å². The monoisotopic (exact) mass is 252 g/mol. The molecule has 3 aromatic rings. The second kappa shape index (κ2) is 4.02. The number of fused-ring (bicyclic) bond motifs is 1. The molecule has 0 atom stereocenters. The number of aromatic nitrogens is 2. The zero-order chi connectivity index (χ0) is 13.6. The van der Waals surface area contributed by atoms with Crippen molar-refractivity contribution in [2.24, 2.45) is 7.05 Å². The Morgan fingerprint density at radius 1 is 1.00 bits per heavy atom. The topological polar surface area (TPSA) is 69.9 Å². The van der Waals surface area contributed by atoms with E-state index in [1.165, 1.54) is 0 Å². The van der Waals surface area contributed by atoms with Gasteiger partial charge in [-0.05, 0) is 48.9 Å². The number of hydrogen-bond donors (Lipinski definition) is 2. The molecule has 0 saturated heterocycles. The summed E-state index contributed by atoms with van der Waals surface area (Å²) >= 11 is 0. The Morgan fingerprint density at radius 3 is 2.42 bits per heavy atom. The van der Waals surface area contributed by atoms with Crippen molar-refractivity contribution in [1.82, 2.24) is 9.55 Å². The van der Waals surface area contributed by atoms with Gasteiger partial charge in [-0.1, -0.05) is 0 Å². The number of nitrogens with zero attached hydrogens (tertiary/aromatic N) is 2. The van der Waals surface area contributed by atoms with E-state index in [-0.39, 0.29) is 0 Å². The van der Waals surface area contributed by atoms with Crippen LogP contribution in [0.5, 0.6) is 0 Å². The average Bonchev–Trinajstić information content (AvgIpc) is 2.66. The molecule has 19 heavy (non-hydrogen) atoms. The Balaban J connectivity index is 2.27. The molecule has 0 aliphatic heterocycles. The Hall–Kier alpha value is -2.49. The molecule has 0 radical (unpaired) electrons. The Morgan fingerprint density at radius 2 is 1.68 bits per heavy atom. The standard InChI is InChI=1S/C15H16N4/c1-9-7-10(16)3-5-12(9)15-18-13-8-11(17)4-6-14(13)19(15)2/h3-8H,16-17H2,1-2H3. The van der Waals surface area contributed by atoms with Crippen molar-refractivity contribution in [3.63, 3.8) is 0 Å². The lowest BCUT2D eigenvalue weighted by molar-refractivity contribution is 0.957. The highest BCUT2D eigenvalue weighted by Crippen LogP contribution is 2.28. The minimum atomic E-state index is 0.728. The SMILES string of the molecule is Cc1cc(N)ccc1-c1nc2cc(N)ccc2n1C. The van der Waals surface area contributed by atoms with Gasteiger partial charge in [-0.3, -0.25) is 0 Å². The molecule has 0 fully saturated rings. The van der Waals surface area contributed by atoms with Gasteiger partial charge < -0.3 is 16.0 Å². The van der Waals surface area contributed by atoms with Crippen molar-refractivity contribution in [3.05, 3.63) is 42.0 Å². The van der Waals surface area contributed by atoms with E-state index in [9.17, 15) is 0 Å². The first kappa shape index (κ1) is 11.6. The molecule has 0 saturated carbocycles. The number of hydrogen-bond acceptors (Lipinski definition) is 3. The summed E-state index contributed by atoms with van der Waals surface area (Å²) in [6.07, 6.45) is 0. The fourth-order valence-electron chi connectivity index (χ4n) is 2.40. The van der Waals surface area contributed by atoms with Crippen molar-refractivity contribution < 1.29 is 0 Å². The fourth-order valence-corrected chi connectivity index (χ4v) is 2.40. The van der Waals surface area contributed by atoms with Crippen LogP contribution in [0.4, 0.5) is 11.4 Å². The number of rotatable bonds is 1. The third kappa shape index (κ3) is 1.81. The van der Waals surface area contributed by atoms with Gasteiger partial charge in [0, 0.05) is 24.0 Å². The van der Waals surface area contributed by atoms with Crippen molar-refractivity contribution in [3.8, 4) is 11.4 Å². The molecule has 1 aromatic heterocycles. The minimum absolute atomic E-state index is 0.728. The molecule has 4 heteroatoms. The average molecular weight is 252 g/mol. The van der Waals surface area contributed by atoms with Gasteiger partial charge in [0.1, 0.15) is 5.82 Å². The van der Waals surface area contributed by atoms with Crippen LogP contribution in [0, 0.1) is 6.92 Å². The molecule has 0 amide bonds. The smallest absolute Gasteiger partial charge is 0.141 e. The van der Waals surface area contributed by atoms with Gasteiger partial charge in [-0.2, -0.15) is 0 Å². The second-order valence-electron chi connectivity index (χ2n) is 4.82. The number of benzene rings is 2. The highest BCUT2D eigenvalue weighted by atomic mass is 15.1. The summed E-state index contributed by atoms with van der Waals surface area (Å²) in [5.74, 6) is 0.929. The van der Waals surface area contributed by atoms with Gasteiger partial charge in [-0.25, -0.2) is 4.98 Å². The maximum atomic E-state index is 5.81. The van der Waals surface area contributed by atoms with Crippen molar-refractivity contribution in [2.45, 2.75) is 6.92 Å². The lowest BCUT2D eigenvalue weighted by Gasteiger charge is -2.07. The first-order valence-electron chi connectivity index (χ1n) is 6.15. The molecule has 0 bridgehead atoms. The highest BCUT2D eigenvalue weighted by molar-refractivity contribution is 5.84. The van der Waals surface area contributed by atoms with E-state index in [1.54, 1.807) is 0 Å². The third-order valence-corrected chi connectivity index (χ3v) is 3.40. The van der Waals surface area contributed by atoms with Crippen molar-refractivity contribution >= 4 is 22.4 Å².